The number of likely N-dealkylation sites (tertiary alicyclic amines) is 1. The Balaban J connectivity index is 1.44. The number of rotatable bonds is 5. The fourth-order valence-electron chi connectivity index (χ4n) is 5.18. The van der Waals surface area contributed by atoms with E-state index in [0.29, 0.717) is 5.95 Å². The van der Waals surface area contributed by atoms with Crippen molar-refractivity contribution in [3.05, 3.63) is 36.3 Å². The van der Waals surface area contributed by atoms with Crippen molar-refractivity contribution in [1.29, 1.82) is 5.26 Å². The summed E-state index contributed by atoms with van der Waals surface area (Å²) in [5.74, 6) is 0.224. The van der Waals surface area contributed by atoms with Gasteiger partial charge in [-0.15, -0.1) is 0 Å². The lowest BCUT2D eigenvalue weighted by Crippen LogP contribution is -2.61. The van der Waals surface area contributed by atoms with E-state index in [-0.39, 0.29) is 28.9 Å². The van der Waals surface area contributed by atoms with Crippen LogP contribution < -0.4 is 15.5 Å². The van der Waals surface area contributed by atoms with Crippen LogP contribution in [0.3, 0.4) is 0 Å². The monoisotopic (exact) mass is 451 g/mol. The lowest BCUT2D eigenvalue weighted by Gasteiger charge is -2.53. The first-order valence-electron chi connectivity index (χ1n) is 11.6. The molecule has 0 radical (unpaired) electrons. The Morgan fingerprint density at radius 2 is 1.79 bits per heavy atom. The van der Waals surface area contributed by atoms with Gasteiger partial charge >= 0.3 is 0 Å². The fraction of sp³-hybridized carbons (Fsp3) is 0.560. The van der Waals surface area contributed by atoms with E-state index in [1.165, 1.54) is 6.20 Å². The third-order valence-electron chi connectivity index (χ3n) is 7.25. The topological polar surface area (TPSA) is 80.1 Å². The van der Waals surface area contributed by atoms with Crippen LogP contribution in [0.2, 0.25) is 0 Å². The molecule has 176 valence electrons. The minimum absolute atomic E-state index is 0.00561. The average Bonchev–Trinajstić information content (AvgIpc) is 3.24. The minimum Gasteiger partial charge on any atom is -0.370 e. The Hall–Kier alpha value is -2.92. The number of nitrogens with zero attached hydrogens (tertiary/aromatic N) is 5. The smallest absolute Gasteiger partial charge is 0.229 e. The van der Waals surface area contributed by atoms with Crippen molar-refractivity contribution in [2.45, 2.75) is 64.1 Å². The second kappa shape index (κ2) is 8.79. The SMILES string of the molecule is CN1C(C)(C)CC(Nc2nc(Nc3ccc(N4CCC(C#N)C4)cc3)ncc2F)CC1(C)C. The lowest BCUT2D eigenvalue weighted by atomic mass is 9.77. The van der Waals surface area contributed by atoms with Crippen molar-refractivity contribution in [2.24, 2.45) is 5.92 Å². The molecule has 3 heterocycles. The lowest BCUT2D eigenvalue weighted by molar-refractivity contribution is -0.00778. The predicted molar refractivity (Wildman–Crippen MR) is 130 cm³/mol. The number of halogens is 1. The molecule has 8 heteroatoms. The average molecular weight is 452 g/mol. The predicted octanol–water partition coefficient (Wildman–Crippen LogP) is 4.77. The van der Waals surface area contributed by atoms with Gasteiger partial charge < -0.3 is 15.5 Å². The summed E-state index contributed by atoms with van der Waals surface area (Å²) in [5, 5.41) is 15.6. The van der Waals surface area contributed by atoms with Gasteiger partial charge in [-0.05, 0) is 78.3 Å². The van der Waals surface area contributed by atoms with Gasteiger partial charge in [0.15, 0.2) is 11.6 Å². The maximum atomic E-state index is 14.6. The third-order valence-corrected chi connectivity index (χ3v) is 7.25. The molecule has 2 fully saturated rings. The molecule has 0 aliphatic carbocycles. The van der Waals surface area contributed by atoms with Gasteiger partial charge in [-0.1, -0.05) is 0 Å². The molecular weight excluding hydrogens is 417 g/mol. The first kappa shape index (κ1) is 23.2. The Morgan fingerprint density at radius 1 is 1.12 bits per heavy atom. The van der Waals surface area contributed by atoms with Gasteiger partial charge in [0.25, 0.3) is 0 Å². The van der Waals surface area contributed by atoms with Crippen LogP contribution in [0, 0.1) is 23.1 Å². The zero-order valence-corrected chi connectivity index (χ0v) is 20.2. The normalized spacial score (nSPS) is 22.7. The fourth-order valence-corrected chi connectivity index (χ4v) is 5.18. The minimum atomic E-state index is -0.452. The summed E-state index contributed by atoms with van der Waals surface area (Å²) in [6.45, 7) is 10.5. The number of nitriles is 1. The van der Waals surface area contributed by atoms with Gasteiger partial charge in [-0.2, -0.15) is 10.2 Å². The van der Waals surface area contributed by atoms with E-state index in [2.05, 4.69) is 71.2 Å². The van der Waals surface area contributed by atoms with E-state index in [9.17, 15) is 4.39 Å². The number of anilines is 4. The summed E-state index contributed by atoms with van der Waals surface area (Å²) in [6.07, 6.45) is 3.90. The maximum absolute atomic E-state index is 14.6. The highest BCUT2D eigenvalue weighted by Gasteiger charge is 2.43. The van der Waals surface area contributed by atoms with E-state index >= 15 is 0 Å². The molecule has 2 saturated heterocycles. The number of hydrogen-bond acceptors (Lipinski definition) is 7. The van der Waals surface area contributed by atoms with E-state index in [4.69, 9.17) is 5.26 Å². The Bertz CT molecular complexity index is 1010. The van der Waals surface area contributed by atoms with Gasteiger partial charge in [0.1, 0.15) is 0 Å². The Labute approximate surface area is 196 Å². The molecule has 1 aromatic heterocycles. The van der Waals surface area contributed by atoms with Crippen LogP contribution >= 0.6 is 0 Å². The molecule has 7 nitrogen and oxygen atoms in total. The molecule has 33 heavy (non-hydrogen) atoms. The van der Waals surface area contributed by atoms with Crippen molar-refractivity contribution in [3.8, 4) is 6.07 Å². The summed E-state index contributed by atoms with van der Waals surface area (Å²) in [6, 6.07) is 10.4. The Kier molecular flexibility index (Phi) is 6.19. The molecular formula is C25H34FN7. The molecule has 0 spiro atoms. The van der Waals surface area contributed by atoms with E-state index < -0.39 is 5.82 Å². The van der Waals surface area contributed by atoms with Crippen molar-refractivity contribution < 1.29 is 4.39 Å². The quantitative estimate of drug-likeness (QED) is 0.678. The summed E-state index contributed by atoms with van der Waals surface area (Å²) in [4.78, 5) is 13.2. The standard InChI is InChI=1S/C25H34FN7/c1-24(2)12-19(13-25(3,4)32(24)5)29-22-21(26)15-28-23(31-22)30-18-6-8-20(9-7-18)33-11-10-17(14-27)16-33/h6-9,15,17,19H,10-13,16H2,1-5H3,(H2,28,29,30,31). The highest BCUT2D eigenvalue weighted by atomic mass is 19.1. The van der Waals surface area contributed by atoms with Crippen LogP contribution in [0.4, 0.5) is 27.5 Å². The zero-order valence-electron chi connectivity index (χ0n) is 20.2. The highest BCUT2D eigenvalue weighted by molar-refractivity contribution is 5.60. The second-order valence-electron chi connectivity index (χ2n) is 10.6. The van der Waals surface area contributed by atoms with E-state index in [0.717, 1.165) is 43.7 Å². The number of aromatic nitrogens is 2. The first-order chi connectivity index (χ1) is 15.6. The molecule has 0 saturated carbocycles. The largest absolute Gasteiger partial charge is 0.370 e. The van der Waals surface area contributed by atoms with Crippen molar-refractivity contribution >= 4 is 23.1 Å². The molecule has 0 amide bonds. The van der Waals surface area contributed by atoms with Crippen LogP contribution in [0.5, 0.6) is 0 Å². The molecule has 2 N–H and O–H groups in total. The first-order valence-corrected chi connectivity index (χ1v) is 11.6. The van der Waals surface area contributed by atoms with Crippen LogP contribution in [0.1, 0.15) is 47.0 Å². The van der Waals surface area contributed by atoms with Gasteiger partial charge in [0.2, 0.25) is 5.95 Å². The van der Waals surface area contributed by atoms with Crippen LogP contribution in [0.15, 0.2) is 30.5 Å². The summed E-state index contributed by atoms with van der Waals surface area (Å²) in [5.41, 5.74) is 1.91. The van der Waals surface area contributed by atoms with Gasteiger partial charge in [0.05, 0.1) is 18.2 Å². The van der Waals surface area contributed by atoms with Crippen molar-refractivity contribution in [3.63, 3.8) is 0 Å². The zero-order chi connectivity index (χ0) is 23.8. The van der Waals surface area contributed by atoms with Crippen LogP contribution in [0.25, 0.3) is 0 Å². The Morgan fingerprint density at radius 3 is 2.39 bits per heavy atom. The van der Waals surface area contributed by atoms with Crippen molar-refractivity contribution in [2.75, 3.05) is 35.7 Å². The highest BCUT2D eigenvalue weighted by Crippen LogP contribution is 2.38. The third kappa shape index (κ3) is 5.03. The molecule has 2 aromatic rings. The molecule has 1 atom stereocenters. The van der Waals surface area contributed by atoms with Gasteiger partial charge in [0, 0.05) is 41.6 Å². The molecule has 2 aliphatic heterocycles. The number of benzene rings is 1. The maximum Gasteiger partial charge on any atom is 0.229 e. The second-order valence-corrected chi connectivity index (χ2v) is 10.6. The van der Waals surface area contributed by atoms with Crippen LogP contribution in [-0.4, -0.2) is 52.1 Å². The van der Waals surface area contributed by atoms with E-state index in [1.54, 1.807) is 0 Å². The van der Waals surface area contributed by atoms with Crippen molar-refractivity contribution in [1.82, 2.24) is 14.9 Å². The summed E-state index contributed by atoms with van der Waals surface area (Å²) >= 11 is 0. The van der Waals surface area contributed by atoms with Crippen LogP contribution in [-0.2, 0) is 0 Å². The summed E-state index contributed by atoms with van der Waals surface area (Å²) < 4.78 is 14.6. The number of hydrogen-bond donors (Lipinski definition) is 2. The molecule has 2 aliphatic rings. The molecule has 4 rings (SSSR count). The molecule has 0 bridgehead atoms. The molecule has 1 unspecified atom stereocenters. The number of piperidine rings is 1. The van der Waals surface area contributed by atoms with E-state index in [1.807, 2.05) is 24.3 Å². The number of nitrogens with one attached hydrogen (secondary N) is 2. The molecule has 1 aromatic carbocycles. The van der Waals surface area contributed by atoms with Gasteiger partial charge in [-0.25, -0.2) is 9.37 Å². The summed E-state index contributed by atoms with van der Waals surface area (Å²) in [7, 11) is 2.15. The van der Waals surface area contributed by atoms with Gasteiger partial charge in [-0.3, -0.25) is 4.90 Å².